The second-order valence-electron chi connectivity index (χ2n) is 3.16. The first kappa shape index (κ1) is 9.51. The number of ketones is 1. The number of rotatable bonds is 2. The molecule has 0 unspecified atom stereocenters. The molecule has 0 saturated heterocycles. The molecule has 2 aromatic rings. The minimum atomic E-state index is -0.0687. The summed E-state index contributed by atoms with van der Waals surface area (Å²) >= 11 is 0. The molecule has 5 heteroatoms. The lowest BCUT2D eigenvalue weighted by molar-refractivity contribution is 0.101. The topological polar surface area (TPSA) is 60.7 Å². The Hall–Kier alpha value is -2.04. The van der Waals surface area contributed by atoms with Crippen LogP contribution in [-0.2, 0) is 7.05 Å². The molecule has 2 heterocycles. The van der Waals surface area contributed by atoms with Crippen molar-refractivity contribution in [1.82, 2.24) is 19.7 Å². The maximum absolute atomic E-state index is 11.1. The van der Waals surface area contributed by atoms with Crippen molar-refractivity contribution < 1.29 is 4.79 Å². The molecule has 5 nitrogen and oxygen atoms in total. The van der Waals surface area contributed by atoms with Gasteiger partial charge in [0.2, 0.25) is 0 Å². The molecule has 2 aromatic heterocycles. The summed E-state index contributed by atoms with van der Waals surface area (Å²) in [5.74, 6) is 0.448. The van der Waals surface area contributed by atoms with E-state index in [2.05, 4.69) is 15.1 Å². The highest BCUT2D eigenvalue weighted by Crippen LogP contribution is 2.12. The Kier molecular flexibility index (Phi) is 2.29. The van der Waals surface area contributed by atoms with Gasteiger partial charge in [0.15, 0.2) is 11.6 Å². The maximum Gasteiger partial charge on any atom is 0.178 e. The molecule has 0 aliphatic heterocycles. The van der Waals surface area contributed by atoms with Crippen LogP contribution in [0.2, 0.25) is 0 Å². The largest absolute Gasteiger partial charge is 0.293 e. The van der Waals surface area contributed by atoms with E-state index in [0.717, 1.165) is 5.69 Å². The minimum absolute atomic E-state index is 0.0687. The monoisotopic (exact) mass is 202 g/mol. The van der Waals surface area contributed by atoms with Crippen LogP contribution < -0.4 is 0 Å². The molecule has 0 radical (unpaired) electrons. The Morgan fingerprint density at radius 1 is 1.33 bits per heavy atom. The van der Waals surface area contributed by atoms with E-state index in [-0.39, 0.29) is 5.78 Å². The highest BCUT2D eigenvalue weighted by molar-refractivity contribution is 5.92. The summed E-state index contributed by atoms with van der Waals surface area (Å²) in [5.41, 5.74) is 1.21. The van der Waals surface area contributed by atoms with Crippen molar-refractivity contribution in [2.75, 3.05) is 0 Å². The van der Waals surface area contributed by atoms with Crippen LogP contribution >= 0.6 is 0 Å². The van der Waals surface area contributed by atoms with Crippen molar-refractivity contribution in [3.05, 3.63) is 30.2 Å². The number of carbonyl (C=O) groups is 1. The second kappa shape index (κ2) is 3.61. The van der Waals surface area contributed by atoms with Gasteiger partial charge < -0.3 is 0 Å². The van der Waals surface area contributed by atoms with Gasteiger partial charge in [-0.2, -0.15) is 5.10 Å². The van der Waals surface area contributed by atoms with Crippen molar-refractivity contribution in [3.8, 4) is 11.5 Å². The molecule has 0 amide bonds. The maximum atomic E-state index is 11.1. The fourth-order valence-corrected chi connectivity index (χ4v) is 1.27. The third-order valence-electron chi connectivity index (χ3n) is 2.07. The highest BCUT2D eigenvalue weighted by Gasteiger charge is 2.08. The van der Waals surface area contributed by atoms with Crippen LogP contribution in [0.1, 0.15) is 17.4 Å². The van der Waals surface area contributed by atoms with Gasteiger partial charge in [0.1, 0.15) is 11.4 Å². The Bertz CT molecular complexity index is 504. The van der Waals surface area contributed by atoms with Crippen LogP contribution in [0.15, 0.2) is 24.5 Å². The molecule has 2 rings (SSSR count). The van der Waals surface area contributed by atoms with Gasteiger partial charge in [-0.1, -0.05) is 0 Å². The van der Waals surface area contributed by atoms with Crippen LogP contribution in [0, 0.1) is 0 Å². The smallest absolute Gasteiger partial charge is 0.178 e. The Morgan fingerprint density at radius 3 is 2.73 bits per heavy atom. The van der Waals surface area contributed by atoms with Gasteiger partial charge in [0.25, 0.3) is 0 Å². The number of carbonyl (C=O) groups excluding carboxylic acids is 1. The summed E-state index contributed by atoms with van der Waals surface area (Å²) < 4.78 is 1.67. The zero-order chi connectivity index (χ0) is 10.8. The number of hydrogen-bond acceptors (Lipinski definition) is 4. The lowest BCUT2D eigenvalue weighted by atomic mass is 10.3. The van der Waals surface area contributed by atoms with Gasteiger partial charge in [0.05, 0.1) is 0 Å². The lowest BCUT2D eigenvalue weighted by Gasteiger charge is -2.01. The number of aromatic nitrogens is 4. The number of Topliss-reactive ketones (excluding diaryl/α,β-unsaturated/α-hetero) is 1. The third kappa shape index (κ3) is 1.76. The summed E-state index contributed by atoms with van der Waals surface area (Å²) in [6, 6.07) is 3.40. The molecule has 15 heavy (non-hydrogen) atoms. The first-order chi connectivity index (χ1) is 7.18. The quantitative estimate of drug-likeness (QED) is 0.683. The molecule has 0 saturated carbocycles. The average molecular weight is 202 g/mol. The van der Waals surface area contributed by atoms with Gasteiger partial charge in [-0.25, -0.2) is 9.97 Å². The normalized spacial score (nSPS) is 10.3. The summed E-state index contributed by atoms with van der Waals surface area (Å²) in [4.78, 5) is 19.4. The van der Waals surface area contributed by atoms with E-state index in [4.69, 9.17) is 0 Å². The Labute approximate surface area is 86.8 Å². The minimum Gasteiger partial charge on any atom is -0.293 e. The average Bonchev–Trinajstić information content (AvgIpc) is 2.64. The number of hydrogen-bond donors (Lipinski definition) is 0. The van der Waals surface area contributed by atoms with Crippen LogP contribution in [-0.4, -0.2) is 25.5 Å². The standard InChI is InChI=1S/C10H10N4O/c1-7(15)8-3-5-11-10(13-8)9-4-6-12-14(9)2/h3-6H,1-2H3. The van der Waals surface area contributed by atoms with E-state index in [0.29, 0.717) is 11.5 Å². The fourth-order valence-electron chi connectivity index (χ4n) is 1.27. The molecule has 0 aromatic carbocycles. The van der Waals surface area contributed by atoms with Crippen molar-refractivity contribution in [3.63, 3.8) is 0 Å². The van der Waals surface area contributed by atoms with Crippen LogP contribution in [0.3, 0.4) is 0 Å². The van der Waals surface area contributed by atoms with Gasteiger partial charge in [-0.3, -0.25) is 9.48 Å². The predicted molar refractivity (Wildman–Crippen MR) is 54.2 cm³/mol. The SMILES string of the molecule is CC(=O)c1ccnc(-c2ccnn2C)n1. The molecule has 0 N–H and O–H groups in total. The fraction of sp³-hybridized carbons (Fsp3) is 0.200. The van der Waals surface area contributed by atoms with E-state index >= 15 is 0 Å². The first-order valence-electron chi connectivity index (χ1n) is 4.51. The summed E-state index contributed by atoms with van der Waals surface area (Å²) in [7, 11) is 1.80. The lowest BCUT2D eigenvalue weighted by Crippen LogP contribution is -2.02. The Morgan fingerprint density at radius 2 is 2.13 bits per heavy atom. The van der Waals surface area contributed by atoms with Crippen LogP contribution in [0.4, 0.5) is 0 Å². The first-order valence-corrected chi connectivity index (χ1v) is 4.51. The molecule has 0 aliphatic carbocycles. The van der Waals surface area contributed by atoms with E-state index in [9.17, 15) is 4.79 Å². The third-order valence-corrected chi connectivity index (χ3v) is 2.07. The van der Waals surface area contributed by atoms with Gasteiger partial charge in [-0.05, 0) is 12.1 Å². The van der Waals surface area contributed by atoms with Gasteiger partial charge >= 0.3 is 0 Å². The molecule has 0 spiro atoms. The molecule has 0 bridgehead atoms. The predicted octanol–water partition coefficient (Wildman–Crippen LogP) is 1.08. The number of nitrogens with zero attached hydrogens (tertiary/aromatic N) is 4. The van der Waals surface area contributed by atoms with Crippen molar-refractivity contribution in [1.29, 1.82) is 0 Å². The summed E-state index contributed by atoms with van der Waals surface area (Å²) in [6.45, 7) is 1.48. The van der Waals surface area contributed by atoms with Crippen molar-refractivity contribution in [2.24, 2.45) is 7.05 Å². The Balaban J connectivity index is 2.50. The van der Waals surface area contributed by atoms with Crippen LogP contribution in [0.25, 0.3) is 11.5 Å². The van der Waals surface area contributed by atoms with Crippen molar-refractivity contribution in [2.45, 2.75) is 6.92 Å². The molecule has 0 fully saturated rings. The highest BCUT2D eigenvalue weighted by atomic mass is 16.1. The summed E-state index contributed by atoms with van der Waals surface area (Å²) in [5, 5.41) is 4.02. The second-order valence-corrected chi connectivity index (χ2v) is 3.16. The van der Waals surface area contributed by atoms with Crippen molar-refractivity contribution >= 4 is 5.78 Å². The summed E-state index contributed by atoms with van der Waals surface area (Å²) in [6.07, 6.45) is 3.24. The van der Waals surface area contributed by atoms with E-state index in [1.807, 2.05) is 0 Å². The molecular formula is C10H10N4O. The zero-order valence-corrected chi connectivity index (χ0v) is 8.51. The van der Waals surface area contributed by atoms with Gasteiger partial charge in [0, 0.05) is 26.4 Å². The zero-order valence-electron chi connectivity index (χ0n) is 8.51. The number of aryl methyl sites for hydroxylation is 1. The van der Waals surface area contributed by atoms with E-state index < -0.39 is 0 Å². The molecular weight excluding hydrogens is 192 g/mol. The van der Waals surface area contributed by atoms with Gasteiger partial charge in [-0.15, -0.1) is 0 Å². The molecule has 0 atom stereocenters. The van der Waals surface area contributed by atoms with E-state index in [1.165, 1.54) is 6.92 Å². The van der Waals surface area contributed by atoms with E-state index in [1.54, 1.807) is 36.3 Å². The van der Waals surface area contributed by atoms with Crippen LogP contribution in [0.5, 0.6) is 0 Å². The molecule has 76 valence electrons. The molecule has 0 aliphatic rings.